The van der Waals surface area contributed by atoms with Gasteiger partial charge in [-0.3, -0.25) is 4.79 Å². The van der Waals surface area contributed by atoms with Crippen LogP contribution in [0.4, 0.5) is 0 Å². The highest BCUT2D eigenvalue weighted by atomic mass is 16.5. The Hall–Kier alpha value is -2.89. The lowest BCUT2D eigenvalue weighted by molar-refractivity contribution is -0.123. The fourth-order valence-corrected chi connectivity index (χ4v) is 2.88. The summed E-state index contributed by atoms with van der Waals surface area (Å²) >= 11 is 0. The lowest BCUT2D eigenvalue weighted by Crippen LogP contribution is -2.28. The average molecular weight is 387 g/mol. The molecule has 0 aliphatic heterocycles. The van der Waals surface area contributed by atoms with Crippen LogP contribution in [0.3, 0.4) is 0 Å². The summed E-state index contributed by atoms with van der Waals surface area (Å²) in [5.74, 6) is 2.47. The molecule has 0 aromatic heterocycles. The Morgan fingerprint density at radius 1 is 0.964 bits per heavy atom. The van der Waals surface area contributed by atoms with E-state index in [9.17, 15) is 4.79 Å². The Bertz CT molecular complexity index is 792. The first kappa shape index (κ1) is 21.4. The Kier molecular flexibility index (Phi) is 7.55. The summed E-state index contributed by atoms with van der Waals surface area (Å²) in [7, 11) is 4.67. The molecule has 0 atom stereocenters. The molecule has 1 amide bonds. The normalized spacial score (nSPS) is 10.5. The van der Waals surface area contributed by atoms with Crippen LogP contribution in [0, 0.1) is 6.92 Å². The van der Waals surface area contributed by atoms with E-state index < -0.39 is 0 Å². The molecule has 0 bridgehead atoms. The van der Waals surface area contributed by atoms with Gasteiger partial charge < -0.3 is 24.3 Å². The van der Waals surface area contributed by atoms with Gasteiger partial charge in [-0.05, 0) is 47.7 Å². The van der Waals surface area contributed by atoms with Gasteiger partial charge in [-0.1, -0.05) is 26.0 Å². The second-order valence-electron chi connectivity index (χ2n) is 6.79. The van der Waals surface area contributed by atoms with Gasteiger partial charge >= 0.3 is 0 Å². The van der Waals surface area contributed by atoms with E-state index in [1.54, 1.807) is 33.5 Å². The van der Waals surface area contributed by atoms with Gasteiger partial charge in [0.05, 0.1) is 21.3 Å². The first-order valence-corrected chi connectivity index (χ1v) is 9.18. The summed E-state index contributed by atoms with van der Waals surface area (Å²) < 4.78 is 21.8. The summed E-state index contributed by atoms with van der Waals surface area (Å²) in [4.78, 5) is 12.3. The molecule has 0 aliphatic rings. The van der Waals surface area contributed by atoms with Crippen LogP contribution in [-0.4, -0.2) is 33.8 Å². The molecular weight excluding hydrogens is 358 g/mol. The van der Waals surface area contributed by atoms with Crippen LogP contribution in [0.1, 0.15) is 36.5 Å². The van der Waals surface area contributed by atoms with Gasteiger partial charge in [0.25, 0.3) is 5.91 Å². The Morgan fingerprint density at radius 3 is 2.14 bits per heavy atom. The highest BCUT2D eigenvalue weighted by molar-refractivity contribution is 5.77. The second-order valence-corrected chi connectivity index (χ2v) is 6.79. The predicted octanol–water partition coefficient (Wildman–Crippen LogP) is 3.84. The quantitative estimate of drug-likeness (QED) is 0.708. The summed E-state index contributed by atoms with van der Waals surface area (Å²) in [5.41, 5.74) is 3.02. The molecular formula is C22H29NO5. The molecule has 0 heterocycles. The van der Waals surface area contributed by atoms with Gasteiger partial charge in [-0.2, -0.15) is 0 Å². The van der Waals surface area contributed by atoms with E-state index in [0.29, 0.717) is 29.7 Å². The van der Waals surface area contributed by atoms with Gasteiger partial charge in [0, 0.05) is 6.54 Å². The van der Waals surface area contributed by atoms with Crippen LogP contribution < -0.4 is 24.3 Å². The van der Waals surface area contributed by atoms with Crippen LogP contribution in [0.15, 0.2) is 30.3 Å². The third-order valence-electron chi connectivity index (χ3n) is 4.36. The molecule has 6 nitrogen and oxygen atoms in total. The van der Waals surface area contributed by atoms with Crippen molar-refractivity contribution in [3.63, 3.8) is 0 Å². The van der Waals surface area contributed by atoms with Crippen molar-refractivity contribution in [2.45, 2.75) is 33.2 Å². The minimum Gasteiger partial charge on any atom is -0.493 e. The van der Waals surface area contributed by atoms with Crippen LogP contribution in [0.5, 0.6) is 23.0 Å². The van der Waals surface area contributed by atoms with Crippen molar-refractivity contribution in [1.82, 2.24) is 5.32 Å². The standard InChI is InChI=1S/C22H29NO5/c1-14(2)17-8-7-15(3)9-18(17)28-13-21(24)23-12-16-10-19(25-4)22(27-6)20(11-16)26-5/h7-11,14H,12-13H2,1-6H3,(H,23,24). The van der Waals surface area contributed by atoms with E-state index in [4.69, 9.17) is 18.9 Å². The minimum absolute atomic E-state index is 0.0480. The summed E-state index contributed by atoms with van der Waals surface area (Å²) in [6.45, 7) is 6.48. The number of carbonyl (C=O) groups is 1. The zero-order valence-corrected chi connectivity index (χ0v) is 17.4. The first-order valence-electron chi connectivity index (χ1n) is 9.18. The van der Waals surface area contributed by atoms with Crippen molar-refractivity contribution in [2.75, 3.05) is 27.9 Å². The molecule has 28 heavy (non-hydrogen) atoms. The monoisotopic (exact) mass is 387 g/mol. The van der Waals surface area contributed by atoms with Crippen molar-refractivity contribution in [3.05, 3.63) is 47.0 Å². The fraction of sp³-hybridized carbons (Fsp3) is 0.409. The molecule has 2 aromatic rings. The number of aryl methyl sites for hydroxylation is 1. The molecule has 2 rings (SSSR count). The van der Waals surface area contributed by atoms with Crippen LogP contribution in [0.25, 0.3) is 0 Å². The van der Waals surface area contributed by atoms with E-state index in [-0.39, 0.29) is 12.5 Å². The number of hydrogen-bond acceptors (Lipinski definition) is 5. The predicted molar refractivity (Wildman–Crippen MR) is 109 cm³/mol. The molecule has 152 valence electrons. The molecule has 1 N–H and O–H groups in total. The van der Waals surface area contributed by atoms with Crippen molar-refractivity contribution in [3.8, 4) is 23.0 Å². The number of nitrogens with one attached hydrogen (secondary N) is 1. The molecule has 2 aromatic carbocycles. The SMILES string of the molecule is COc1cc(CNC(=O)COc2cc(C)ccc2C(C)C)cc(OC)c1OC. The van der Waals surface area contributed by atoms with Crippen molar-refractivity contribution in [1.29, 1.82) is 0 Å². The number of rotatable bonds is 9. The summed E-state index contributed by atoms with van der Waals surface area (Å²) in [6, 6.07) is 9.66. The van der Waals surface area contributed by atoms with Gasteiger partial charge in [-0.15, -0.1) is 0 Å². The van der Waals surface area contributed by atoms with Crippen molar-refractivity contribution >= 4 is 5.91 Å². The number of hydrogen-bond donors (Lipinski definition) is 1. The van der Waals surface area contributed by atoms with Gasteiger partial charge in [0.2, 0.25) is 5.75 Å². The second kappa shape index (κ2) is 9.88. The highest BCUT2D eigenvalue weighted by Crippen LogP contribution is 2.38. The molecule has 0 saturated carbocycles. The van der Waals surface area contributed by atoms with Gasteiger partial charge in [0.1, 0.15) is 5.75 Å². The molecule has 0 saturated heterocycles. The number of methoxy groups -OCH3 is 3. The van der Waals surface area contributed by atoms with Crippen LogP contribution >= 0.6 is 0 Å². The van der Waals surface area contributed by atoms with Crippen LogP contribution in [0.2, 0.25) is 0 Å². The Morgan fingerprint density at radius 2 is 1.61 bits per heavy atom. The lowest BCUT2D eigenvalue weighted by atomic mass is 10.0. The number of amides is 1. The highest BCUT2D eigenvalue weighted by Gasteiger charge is 2.14. The molecule has 0 spiro atoms. The third-order valence-corrected chi connectivity index (χ3v) is 4.36. The maximum absolute atomic E-state index is 12.3. The maximum atomic E-state index is 12.3. The number of carbonyl (C=O) groups excluding carboxylic acids is 1. The Balaban J connectivity index is 2.01. The largest absolute Gasteiger partial charge is 0.493 e. The number of ether oxygens (including phenoxy) is 4. The fourth-order valence-electron chi connectivity index (χ4n) is 2.88. The summed E-state index contributed by atoms with van der Waals surface area (Å²) in [6.07, 6.45) is 0. The van der Waals surface area contributed by atoms with E-state index in [2.05, 4.69) is 19.2 Å². The third kappa shape index (κ3) is 5.31. The van der Waals surface area contributed by atoms with E-state index >= 15 is 0 Å². The lowest BCUT2D eigenvalue weighted by Gasteiger charge is -2.16. The van der Waals surface area contributed by atoms with Crippen molar-refractivity contribution in [2.24, 2.45) is 0 Å². The molecule has 0 fully saturated rings. The number of benzene rings is 2. The minimum atomic E-state index is -0.204. The molecule has 0 unspecified atom stereocenters. The smallest absolute Gasteiger partial charge is 0.258 e. The zero-order chi connectivity index (χ0) is 20.7. The van der Waals surface area contributed by atoms with E-state index in [0.717, 1.165) is 22.4 Å². The first-order chi connectivity index (χ1) is 13.4. The molecule has 6 heteroatoms. The van der Waals surface area contributed by atoms with Crippen LogP contribution in [-0.2, 0) is 11.3 Å². The van der Waals surface area contributed by atoms with Gasteiger partial charge in [0.15, 0.2) is 18.1 Å². The zero-order valence-electron chi connectivity index (χ0n) is 17.4. The maximum Gasteiger partial charge on any atom is 0.258 e. The van der Waals surface area contributed by atoms with Gasteiger partial charge in [-0.25, -0.2) is 0 Å². The molecule has 0 radical (unpaired) electrons. The Labute approximate surface area is 166 Å². The topological polar surface area (TPSA) is 66.0 Å². The summed E-state index contributed by atoms with van der Waals surface area (Å²) in [5, 5.41) is 2.86. The van der Waals surface area contributed by atoms with E-state index in [1.807, 2.05) is 25.1 Å². The average Bonchev–Trinajstić information content (AvgIpc) is 2.69. The molecule has 0 aliphatic carbocycles. The van der Waals surface area contributed by atoms with Crippen molar-refractivity contribution < 1.29 is 23.7 Å². The van der Waals surface area contributed by atoms with E-state index in [1.165, 1.54) is 0 Å².